The minimum atomic E-state index is -3.49. The van der Waals surface area contributed by atoms with Gasteiger partial charge in [0, 0.05) is 111 Å². The van der Waals surface area contributed by atoms with E-state index in [1.54, 1.807) is 126 Å². The predicted octanol–water partition coefficient (Wildman–Crippen LogP) is 11.6. The molecular formula is C92H113F6N12O21V3-3. The van der Waals surface area contributed by atoms with Crippen LogP contribution in [0, 0.1) is 63.6 Å². The van der Waals surface area contributed by atoms with Crippen LogP contribution in [0.3, 0.4) is 0 Å². The number of amides is 6. The molecular weight excluding hydrogens is 1880 g/mol. The number of alkyl carbamates (subject to hydrolysis) is 3. The van der Waals surface area contributed by atoms with E-state index in [9.17, 15) is 43.2 Å². The van der Waals surface area contributed by atoms with Gasteiger partial charge in [0.25, 0.3) is 17.8 Å². The number of ether oxygens (including phenoxy) is 12. The van der Waals surface area contributed by atoms with Gasteiger partial charge in [-0.1, -0.05) is 108 Å². The van der Waals surface area contributed by atoms with E-state index in [4.69, 9.17) is 56.8 Å². The van der Waals surface area contributed by atoms with Gasteiger partial charge in [0.15, 0.2) is 17.1 Å². The predicted molar refractivity (Wildman–Crippen MR) is 456 cm³/mol. The van der Waals surface area contributed by atoms with E-state index in [2.05, 4.69) is 45.9 Å². The number of halogens is 6. The monoisotopic (exact) mass is 1990 g/mol. The second-order valence-electron chi connectivity index (χ2n) is 39.1. The molecule has 2 unspecified atom stereocenters. The maximum atomic E-state index is 16.0. The van der Waals surface area contributed by atoms with Crippen molar-refractivity contribution >= 4 is 88.0 Å². The molecule has 9 heterocycles. The molecule has 727 valence electrons. The van der Waals surface area contributed by atoms with Crippen molar-refractivity contribution in [3.05, 3.63) is 71.7 Å². The molecule has 6 aromatic rings. The van der Waals surface area contributed by atoms with Crippen molar-refractivity contribution < 1.29 is 182 Å². The van der Waals surface area contributed by atoms with Gasteiger partial charge in [-0.3, -0.25) is 14.4 Å². The summed E-state index contributed by atoms with van der Waals surface area (Å²) in [5, 5.41) is 8.14. The number of hydrogen-bond donors (Lipinski definition) is 3. The average Bonchev–Trinajstić information content (AvgIpc) is 1.66. The number of rotatable bonds is 7. The summed E-state index contributed by atoms with van der Waals surface area (Å²) < 4.78 is 163. The molecule has 42 heteroatoms. The van der Waals surface area contributed by atoms with Crippen molar-refractivity contribution in [2.45, 2.75) is 232 Å². The summed E-state index contributed by atoms with van der Waals surface area (Å²) in [7, 11) is 4.42. The molecule has 3 aromatic heterocycles. The van der Waals surface area contributed by atoms with E-state index in [0.717, 1.165) is 6.42 Å². The molecule has 3 N–H and O–H groups in total. The summed E-state index contributed by atoms with van der Waals surface area (Å²) in [6.45, 7) is 22.1. The fraction of sp³-hybridized carbons (Fsp3) is 0.641. The Kier molecular flexibility index (Phi) is 32.8. The zero-order valence-corrected chi connectivity index (χ0v) is 81.6. The first-order valence-electron chi connectivity index (χ1n) is 44.3. The molecule has 6 aliphatic heterocycles. The molecule has 16 rings (SSSR count). The Balaban J connectivity index is 0.000000192. The van der Waals surface area contributed by atoms with Crippen LogP contribution in [0.1, 0.15) is 158 Å². The van der Waals surface area contributed by atoms with Crippen LogP contribution in [-0.2, 0) is 131 Å². The maximum absolute atomic E-state index is 16.0. The van der Waals surface area contributed by atoms with Gasteiger partial charge in [-0.05, 0) is 115 Å². The van der Waals surface area contributed by atoms with Crippen LogP contribution in [0.4, 0.5) is 40.7 Å². The number of carbonyl (C=O) groups excluding carboxylic acids is 9. The summed E-state index contributed by atoms with van der Waals surface area (Å²) in [5.41, 5.74) is -3.62. The molecule has 10 aliphatic rings. The van der Waals surface area contributed by atoms with Gasteiger partial charge in [-0.15, -0.1) is 0 Å². The van der Waals surface area contributed by atoms with Gasteiger partial charge in [-0.2, -0.15) is 26.3 Å². The second-order valence-corrected chi connectivity index (χ2v) is 39.1. The van der Waals surface area contributed by atoms with Gasteiger partial charge in [-0.25, -0.2) is 63.1 Å². The van der Waals surface area contributed by atoms with E-state index >= 15 is 26.3 Å². The minimum absolute atomic E-state index is 0. The van der Waals surface area contributed by atoms with Crippen LogP contribution in [-0.4, -0.2) is 252 Å². The third kappa shape index (κ3) is 23.0. The molecule has 3 saturated heterocycles. The van der Waals surface area contributed by atoms with Gasteiger partial charge in [0.05, 0.1) is 114 Å². The number of methoxy groups -OCH3 is 3. The van der Waals surface area contributed by atoms with E-state index in [0.29, 0.717) is 54.8 Å². The smallest absolute Gasteiger partial charge is 0.408 e. The summed E-state index contributed by atoms with van der Waals surface area (Å²) in [6.07, 6.45) is 0.809. The molecule has 33 nitrogen and oxygen atoms in total. The van der Waals surface area contributed by atoms with Crippen molar-refractivity contribution in [2.75, 3.05) is 80.6 Å². The Morgan fingerprint density at radius 2 is 0.799 bits per heavy atom. The van der Waals surface area contributed by atoms with Crippen LogP contribution in [0.15, 0.2) is 54.6 Å². The second kappa shape index (κ2) is 41.7. The molecule has 7 fully saturated rings. The summed E-state index contributed by atoms with van der Waals surface area (Å²) in [6, 6.07) is 7.79. The van der Waals surface area contributed by atoms with Crippen LogP contribution in [0.5, 0.6) is 34.9 Å². The standard InChI is InChI=1S/C33H41F2N4O7.C30H37F2N4O7.C29H35F2N4O7.3V/c1-6-19-24(15-40)39-14-26(19)45-29-27(36-22-8-7-18(43-5)13-23(22)37-29)33(34,35)9-10-44-16-21-20-11-17(20)12-25(21)46-31(42)38-28(30(39)41)32(2,3)4;1-16-21(14-37)36-13-22(16)42-25-23(33-19-8-7-18(40-6)11-20(19)34-25)30(31,32)9-10-41-15-17-12-29(17,5)43-27(39)35-24(26(36)38)28(2,3)4;1-15-20(13-36)35-12-22(15)41-25-23(32-18-7-6-17(39-5)11-19(18)33-25)29(30,31)8-9-40-14-16-10-21(16)42-27(38)34-24(26(35)37)28(2,3)4;;;/h7-8,13,17,19-21,24-26,28H,6,9-12,14,16H2,1-5H3,(H,38,42);7-8,11,16-17,21-22,24H,9-10,12-13,15H2,1-6H3,(H,35,39);6-7,11,15-16,20-22,24H,8-10,12,14H2,1-5H3,(H,34,38);;;/q3*-1;;;/t17?,19-,20?,21+,24+,25+,26-,28+;16-,17-,21+,22-,24+,29+;15-,16-,20+,21+,22-,24+;;;/m000.../s1. The molecule has 134 heavy (non-hydrogen) atoms. The molecule has 4 saturated carbocycles. The number of alkyl halides is 6. The Morgan fingerprint density at radius 3 is 1.19 bits per heavy atom. The number of carbonyl (C=O) groups is 6. The van der Waals surface area contributed by atoms with Crippen molar-refractivity contribution in [1.82, 2.24) is 60.6 Å². The maximum Gasteiger partial charge on any atom is 0.408 e. The van der Waals surface area contributed by atoms with Gasteiger partial charge >= 0.3 is 18.3 Å². The van der Waals surface area contributed by atoms with Crippen LogP contribution in [0.25, 0.3) is 33.1 Å². The first-order valence-corrected chi connectivity index (χ1v) is 44.3. The molecule has 3 aromatic carbocycles. The number of hydrogen-bond acceptors (Lipinski definition) is 27. The van der Waals surface area contributed by atoms with E-state index < -0.39 is 208 Å². The summed E-state index contributed by atoms with van der Waals surface area (Å²) >= 11 is 0. The first kappa shape index (κ1) is 105. The fourth-order valence-electron chi connectivity index (χ4n) is 18.2. The van der Waals surface area contributed by atoms with E-state index in [1.165, 1.54) is 48.2 Å². The van der Waals surface area contributed by atoms with Crippen molar-refractivity contribution in [3.63, 3.8) is 0 Å². The molecule has 0 spiro atoms. The molecule has 20 atom stereocenters. The van der Waals surface area contributed by atoms with Gasteiger partial charge in [0.1, 0.15) is 71.5 Å². The Hall–Kier alpha value is -9.08. The molecule has 4 aliphatic carbocycles. The van der Waals surface area contributed by atoms with Crippen LogP contribution >= 0.6 is 0 Å². The number of aromatic nitrogens is 6. The Bertz CT molecular complexity index is 5320. The largest absolute Gasteiger partial charge is 0.540 e. The first-order chi connectivity index (χ1) is 61.8. The van der Waals surface area contributed by atoms with Crippen molar-refractivity contribution in [1.29, 1.82) is 0 Å². The number of nitrogens with zero attached hydrogens (tertiary/aromatic N) is 9. The number of benzene rings is 3. The minimum Gasteiger partial charge on any atom is -0.540 e. The summed E-state index contributed by atoms with van der Waals surface area (Å²) in [5.74, 6) is -13.6. The van der Waals surface area contributed by atoms with Crippen molar-refractivity contribution in [2.24, 2.45) is 63.6 Å². The number of fused-ring (bicyclic) bond motifs is 17. The van der Waals surface area contributed by atoms with E-state index in [1.807, 2.05) is 25.8 Å². The summed E-state index contributed by atoms with van der Waals surface area (Å²) in [4.78, 5) is 147. The molecule has 6 bridgehead atoms. The van der Waals surface area contributed by atoms with Crippen LogP contribution < -0.4 is 44.4 Å². The Morgan fingerprint density at radius 1 is 0.440 bits per heavy atom. The normalized spacial score (nSPS) is 30.9. The zero-order valence-electron chi connectivity index (χ0n) is 77.4. The van der Waals surface area contributed by atoms with Gasteiger partial charge < -0.3 is 102 Å². The van der Waals surface area contributed by atoms with Crippen LogP contribution in [0.2, 0.25) is 0 Å². The molecule has 6 amide bonds. The third-order valence-electron chi connectivity index (χ3n) is 26.6. The number of nitrogens with one attached hydrogen (secondary N) is 3. The van der Waals surface area contributed by atoms with Crippen molar-refractivity contribution in [3.8, 4) is 34.9 Å². The fourth-order valence-corrected chi connectivity index (χ4v) is 18.2. The molecule has 3 radical (unpaired) electrons. The average molecular weight is 1990 g/mol. The van der Waals surface area contributed by atoms with E-state index in [-0.39, 0.29) is 172 Å². The zero-order chi connectivity index (χ0) is 94.7. The van der Waals surface area contributed by atoms with Gasteiger partial charge in [0.2, 0.25) is 35.4 Å². The Labute approximate surface area is 807 Å². The third-order valence-corrected chi connectivity index (χ3v) is 26.6. The SMILES string of the molecule is CC[C@@H]1[C@@H]2CN(C(=O)[C@H](C(C)(C)C)NC(=O)O[C@@H]3CC4CC4[C@H]3COCCC(F)(F)c3nc4ccc(OC)cc4nc3O2)[C@@H]1[C-]=O.COc1ccc2nc3c(nc2c1)O[C@H]1CN(C(=O)[C@H](C(C)(C)C)NC(=O)O[C@@H]2C[C@H]2COCCC3(F)F)[C@H]([C-]=O)[C@@H]1C.COc1ccc2nc3c(nc2c1)O[C@H]1CN(C(=O)[C@H](C(C)(C)C)NC(=O)O[C@]2(C)C[C@H]2COCCC3(F)F)[C@H]([C-]=O)[C@@H]1C.[V].[V].[V]. The quantitative estimate of drug-likeness (QED) is 0.0759. The topological polar surface area (TPSA) is 388 Å².